The molecular formula is C25H31NO3. The highest BCUT2D eigenvalue weighted by atomic mass is 16.6. The molecule has 2 rings (SSSR count). The second kappa shape index (κ2) is 10.2. The van der Waals surface area contributed by atoms with Gasteiger partial charge in [-0.3, -0.25) is 14.5 Å². The molecule has 0 aliphatic heterocycles. The first-order chi connectivity index (χ1) is 13.7. The number of benzene rings is 2. The molecule has 0 aliphatic rings. The van der Waals surface area contributed by atoms with Crippen LogP contribution in [0.15, 0.2) is 67.3 Å². The number of rotatable bonds is 9. The Balaban J connectivity index is 2.41. The van der Waals surface area contributed by atoms with Gasteiger partial charge in [0.15, 0.2) is 0 Å². The van der Waals surface area contributed by atoms with E-state index in [0.29, 0.717) is 12.1 Å². The van der Waals surface area contributed by atoms with Gasteiger partial charge in [0.1, 0.15) is 11.9 Å². The van der Waals surface area contributed by atoms with Crippen LogP contribution in [0.3, 0.4) is 0 Å². The first-order valence-corrected chi connectivity index (χ1v) is 9.93. The van der Waals surface area contributed by atoms with Crippen LogP contribution in [0.4, 0.5) is 0 Å². The van der Waals surface area contributed by atoms with Crippen LogP contribution in [-0.2, 0) is 9.53 Å². The van der Waals surface area contributed by atoms with Crippen LogP contribution in [0.5, 0.6) is 0 Å². The number of hydrogen-bond donors (Lipinski definition) is 0. The number of carbonyl (C=O) groups excluding carboxylic acids is 2. The summed E-state index contributed by atoms with van der Waals surface area (Å²) >= 11 is 0. The van der Waals surface area contributed by atoms with E-state index in [1.807, 2.05) is 57.2 Å². The molecule has 0 heterocycles. The zero-order valence-electron chi connectivity index (χ0n) is 17.8. The molecule has 4 heteroatoms. The van der Waals surface area contributed by atoms with E-state index in [1.54, 1.807) is 12.1 Å². The van der Waals surface area contributed by atoms with Gasteiger partial charge < -0.3 is 4.74 Å². The van der Waals surface area contributed by atoms with Crippen molar-refractivity contribution in [3.05, 3.63) is 83.9 Å². The van der Waals surface area contributed by atoms with Gasteiger partial charge in [0.2, 0.25) is 0 Å². The lowest BCUT2D eigenvalue weighted by molar-refractivity contribution is -0.156. The third kappa shape index (κ3) is 6.68. The van der Waals surface area contributed by atoms with Crippen molar-refractivity contribution in [3.63, 3.8) is 0 Å². The Morgan fingerprint density at radius 3 is 2.21 bits per heavy atom. The summed E-state index contributed by atoms with van der Waals surface area (Å²) < 4.78 is 5.60. The Morgan fingerprint density at radius 2 is 1.69 bits per heavy atom. The van der Waals surface area contributed by atoms with Gasteiger partial charge in [-0.2, -0.15) is 0 Å². The summed E-state index contributed by atoms with van der Waals surface area (Å²) in [5, 5.41) is 0. The molecule has 0 aromatic heterocycles. The van der Waals surface area contributed by atoms with E-state index >= 15 is 0 Å². The predicted octanol–water partition coefficient (Wildman–Crippen LogP) is 5.52. The van der Waals surface area contributed by atoms with Crippen molar-refractivity contribution in [2.24, 2.45) is 0 Å². The van der Waals surface area contributed by atoms with Crippen LogP contribution in [0, 0.1) is 0 Å². The fourth-order valence-corrected chi connectivity index (χ4v) is 3.39. The second-order valence-electron chi connectivity index (χ2n) is 8.16. The molecule has 154 valence electrons. The van der Waals surface area contributed by atoms with Crippen molar-refractivity contribution < 1.29 is 14.3 Å². The van der Waals surface area contributed by atoms with Crippen LogP contribution in [-0.4, -0.2) is 29.3 Å². The zero-order chi connectivity index (χ0) is 21.4. The Morgan fingerprint density at radius 1 is 1.07 bits per heavy atom. The fraction of sp³-hybridized carbons (Fsp3) is 0.360. The van der Waals surface area contributed by atoms with Crippen LogP contribution >= 0.6 is 0 Å². The van der Waals surface area contributed by atoms with E-state index in [1.165, 1.54) is 0 Å². The summed E-state index contributed by atoms with van der Waals surface area (Å²) in [6, 6.07) is 17.4. The fourth-order valence-electron chi connectivity index (χ4n) is 3.39. The Labute approximate surface area is 174 Å². The average Bonchev–Trinajstić information content (AvgIpc) is 2.69. The van der Waals surface area contributed by atoms with E-state index in [4.69, 9.17) is 4.74 Å². The number of esters is 1. The molecule has 0 spiro atoms. The highest BCUT2D eigenvalue weighted by molar-refractivity contribution is 5.75. The highest BCUT2D eigenvalue weighted by Crippen LogP contribution is 2.33. The Hall–Kier alpha value is -2.72. The van der Waals surface area contributed by atoms with Crippen molar-refractivity contribution in [1.29, 1.82) is 0 Å². The van der Waals surface area contributed by atoms with Crippen molar-refractivity contribution in [3.8, 4) is 0 Å². The quantitative estimate of drug-likeness (QED) is 0.320. The SMILES string of the molecule is C=CCN([C@H](CC(=O)OC(C)(C)C)c1ccc(C=O)cc1)[C@@H](C)c1ccccc1. The summed E-state index contributed by atoms with van der Waals surface area (Å²) in [6.45, 7) is 12.3. The van der Waals surface area contributed by atoms with Gasteiger partial charge in [-0.15, -0.1) is 6.58 Å². The molecular weight excluding hydrogens is 362 g/mol. The monoisotopic (exact) mass is 393 g/mol. The molecule has 0 saturated heterocycles. The minimum Gasteiger partial charge on any atom is -0.460 e. The summed E-state index contributed by atoms with van der Waals surface area (Å²) in [5.41, 5.74) is 2.19. The van der Waals surface area contributed by atoms with Gasteiger partial charge in [0.25, 0.3) is 0 Å². The maximum atomic E-state index is 12.7. The lowest BCUT2D eigenvalue weighted by Gasteiger charge is -2.36. The minimum absolute atomic E-state index is 0.0624. The molecule has 0 radical (unpaired) electrons. The van der Waals surface area contributed by atoms with Crippen LogP contribution < -0.4 is 0 Å². The van der Waals surface area contributed by atoms with Crippen LogP contribution in [0.25, 0.3) is 0 Å². The number of aldehydes is 1. The molecule has 0 N–H and O–H groups in total. The van der Waals surface area contributed by atoms with Gasteiger partial charge >= 0.3 is 5.97 Å². The normalized spacial score (nSPS) is 13.6. The van der Waals surface area contributed by atoms with Crippen LogP contribution in [0.2, 0.25) is 0 Å². The molecule has 2 aromatic rings. The van der Waals surface area contributed by atoms with Crippen LogP contribution in [0.1, 0.15) is 67.7 Å². The summed E-state index contributed by atoms with van der Waals surface area (Å²) in [7, 11) is 0. The summed E-state index contributed by atoms with van der Waals surface area (Å²) in [6.07, 6.45) is 2.88. The minimum atomic E-state index is -0.544. The smallest absolute Gasteiger partial charge is 0.308 e. The van der Waals surface area contributed by atoms with Gasteiger partial charge in [-0.25, -0.2) is 0 Å². The van der Waals surface area contributed by atoms with E-state index in [0.717, 1.165) is 17.4 Å². The largest absolute Gasteiger partial charge is 0.460 e. The van der Waals surface area contributed by atoms with E-state index < -0.39 is 5.60 Å². The van der Waals surface area contributed by atoms with Crippen molar-refractivity contribution >= 4 is 12.3 Å². The first-order valence-electron chi connectivity index (χ1n) is 9.93. The number of nitrogens with zero attached hydrogens (tertiary/aromatic N) is 1. The predicted molar refractivity (Wildman–Crippen MR) is 117 cm³/mol. The van der Waals surface area contributed by atoms with Crippen molar-refractivity contribution in [2.75, 3.05) is 6.54 Å². The second-order valence-corrected chi connectivity index (χ2v) is 8.16. The van der Waals surface area contributed by atoms with E-state index in [2.05, 4.69) is 30.5 Å². The zero-order valence-corrected chi connectivity index (χ0v) is 17.8. The molecule has 4 nitrogen and oxygen atoms in total. The highest BCUT2D eigenvalue weighted by Gasteiger charge is 2.29. The van der Waals surface area contributed by atoms with Gasteiger partial charge in [0.05, 0.1) is 6.42 Å². The molecule has 0 amide bonds. The number of hydrogen-bond acceptors (Lipinski definition) is 4. The molecule has 0 fully saturated rings. The molecule has 29 heavy (non-hydrogen) atoms. The Bertz CT molecular complexity index is 806. The molecule has 0 unspecified atom stereocenters. The molecule has 0 bridgehead atoms. The first kappa shape index (κ1) is 22.6. The lowest BCUT2D eigenvalue weighted by Crippen LogP contribution is -2.35. The van der Waals surface area contributed by atoms with E-state index in [9.17, 15) is 9.59 Å². The third-order valence-electron chi connectivity index (χ3n) is 4.76. The third-order valence-corrected chi connectivity index (χ3v) is 4.76. The van der Waals surface area contributed by atoms with E-state index in [-0.39, 0.29) is 24.5 Å². The van der Waals surface area contributed by atoms with Gasteiger partial charge in [-0.1, -0.05) is 60.7 Å². The molecule has 0 aliphatic carbocycles. The van der Waals surface area contributed by atoms with Crippen molar-refractivity contribution in [2.45, 2.75) is 51.8 Å². The molecule has 2 aromatic carbocycles. The summed E-state index contributed by atoms with van der Waals surface area (Å²) in [4.78, 5) is 26.0. The standard InChI is InChI=1S/C25H31NO3/c1-6-16-26(19(2)21-10-8-7-9-11-21)23(17-24(28)29-25(3,4)5)22-14-12-20(18-27)13-15-22/h6-15,18-19,23H,1,16-17H2,2-5H3/t19-,23+/m0/s1. The maximum Gasteiger partial charge on any atom is 0.308 e. The maximum absolute atomic E-state index is 12.7. The summed E-state index contributed by atoms with van der Waals surface area (Å²) in [5.74, 6) is -0.253. The Kier molecular flexibility index (Phi) is 7.91. The van der Waals surface area contributed by atoms with Crippen molar-refractivity contribution in [1.82, 2.24) is 4.90 Å². The van der Waals surface area contributed by atoms with Gasteiger partial charge in [-0.05, 0) is 38.8 Å². The number of ether oxygens (including phenoxy) is 1. The average molecular weight is 394 g/mol. The molecule has 0 saturated carbocycles. The topological polar surface area (TPSA) is 46.6 Å². The number of carbonyl (C=O) groups is 2. The molecule has 2 atom stereocenters. The van der Waals surface area contributed by atoms with Gasteiger partial charge in [0, 0.05) is 24.2 Å². The lowest BCUT2D eigenvalue weighted by atomic mass is 9.96.